The zero-order valence-corrected chi connectivity index (χ0v) is 17.8. The van der Waals surface area contributed by atoms with Crippen molar-refractivity contribution in [2.24, 2.45) is 5.14 Å². The van der Waals surface area contributed by atoms with Crippen molar-refractivity contribution in [3.05, 3.63) is 48.0 Å². The highest BCUT2D eigenvalue weighted by atomic mass is 32.3. The van der Waals surface area contributed by atoms with E-state index < -0.39 is 10.5 Å². The minimum atomic E-state index is -1.39. The maximum Gasteiger partial charge on any atom is 0.251 e. The fraction of sp³-hybridized carbons (Fsp3) is 0.409. The van der Waals surface area contributed by atoms with Crippen LogP contribution in [-0.2, 0) is 10.7 Å². The first-order valence-electron chi connectivity index (χ1n) is 9.85. The molecule has 0 aliphatic heterocycles. The van der Waals surface area contributed by atoms with Gasteiger partial charge in [0.2, 0.25) is 0 Å². The first-order chi connectivity index (χ1) is 13.5. The molecule has 1 atom stereocenters. The van der Waals surface area contributed by atoms with Crippen molar-refractivity contribution in [1.82, 2.24) is 9.88 Å². The summed E-state index contributed by atoms with van der Waals surface area (Å²) >= 11 is 0. The molecule has 0 aliphatic rings. The Morgan fingerprint density at radius 2 is 1.86 bits per heavy atom. The minimum absolute atomic E-state index is 0.0126. The Labute approximate surface area is 168 Å². The lowest BCUT2D eigenvalue weighted by atomic mass is 10.1. The molecule has 2 aromatic carbocycles. The summed E-state index contributed by atoms with van der Waals surface area (Å²) in [5, 5.41) is 11.4. The predicted molar refractivity (Wildman–Crippen MR) is 121 cm³/mol. The molecule has 6 heteroatoms. The second kappa shape index (κ2) is 8.99. The molecule has 152 valence electrons. The number of para-hydroxylation sites is 1. The van der Waals surface area contributed by atoms with Crippen LogP contribution in [0.15, 0.2) is 42.5 Å². The Morgan fingerprint density at radius 3 is 2.61 bits per heavy atom. The van der Waals surface area contributed by atoms with Gasteiger partial charge in [0, 0.05) is 53.3 Å². The monoisotopic (exact) mass is 401 g/mol. The zero-order chi connectivity index (χ0) is 20.1. The summed E-state index contributed by atoms with van der Waals surface area (Å²) in [5.74, 6) is 0.886. The molecule has 0 saturated carbocycles. The molecular weight excluding hydrogens is 370 g/mol. The van der Waals surface area contributed by atoms with Gasteiger partial charge in [0.05, 0.1) is 0 Å². The SMILES string of the molecule is CCn1c2ccccc2c2cc(C(=O)NCCCCCS(C)(N)OC)ccc21. The molecule has 0 spiro atoms. The van der Waals surface area contributed by atoms with Crippen LogP contribution in [0.5, 0.6) is 0 Å². The average Bonchev–Trinajstić information content (AvgIpc) is 3.03. The summed E-state index contributed by atoms with van der Waals surface area (Å²) in [6.45, 7) is 3.73. The predicted octanol–water partition coefficient (Wildman–Crippen LogP) is 4.58. The molecule has 3 aromatic rings. The number of aromatic nitrogens is 1. The van der Waals surface area contributed by atoms with E-state index in [1.165, 1.54) is 16.4 Å². The van der Waals surface area contributed by atoms with E-state index in [1.807, 2.05) is 24.5 Å². The molecular formula is C22H31N3O2S. The van der Waals surface area contributed by atoms with Gasteiger partial charge < -0.3 is 14.1 Å². The van der Waals surface area contributed by atoms with Crippen LogP contribution in [0.4, 0.5) is 0 Å². The first-order valence-corrected chi connectivity index (χ1v) is 12.0. The Kier molecular flexibility index (Phi) is 6.65. The van der Waals surface area contributed by atoms with Gasteiger partial charge in [-0.2, -0.15) is 0 Å². The number of nitrogens with zero attached hydrogens (tertiary/aromatic N) is 1. The second-order valence-electron chi connectivity index (χ2n) is 7.25. The van der Waals surface area contributed by atoms with Crippen molar-refractivity contribution in [1.29, 1.82) is 0 Å². The number of rotatable bonds is 9. The average molecular weight is 402 g/mol. The van der Waals surface area contributed by atoms with Crippen molar-refractivity contribution >= 4 is 38.2 Å². The highest BCUT2D eigenvalue weighted by Crippen LogP contribution is 2.36. The normalized spacial score (nSPS) is 14.9. The van der Waals surface area contributed by atoms with Gasteiger partial charge in [0.15, 0.2) is 0 Å². The number of amides is 1. The lowest BCUT2D eigenvalue weighted by Crippen LogP contribution is -2.24. The summed E-state index contributed by atoms with van der Waals surface area (Å²) < 4.78 is 7.60. The molecule has 3 N–H and O–H groups in total. The maximum absolute atomic E-state index is 12.6. The molecule has 1 unspecified atom stereocenters. The van der Waals surface area contributed by atoms with E-state index >= 15 is 0 Å². The van der Waals surface area contributed by atoms with E-state index in [4.69, 9.17) is 9.32 Å². The molecule has 0 aliphatic carbocycles. The van der Waals surface area contributed by atoms with Crippen molar-refractivity contribution in [2.45, 2.75) is 32.7 Å². The largest absolute Gasteiger partial charge is 0.352 e. The van der Waals surface area contributed by atoms with Crippen LogP contribution in [0.1, 0.15) is 36.5 Å². The van der Waals surface area contributed by atoms with Gasteiger partial charge in [0.25, 0.3) is 5.91 Å². The molecule has 0 bridgehead atoms. The van der Waals surface area contributed by atoms with E-state index in [0.717, 1.165) is 36.9 Å². The quantitative estimate of drug-likeness (QED) is 0.516. The van der Waals surface area contributed by atoms with E-state index in [0.29, 0.717) is 12.1 Å². The Hall–Kier alpha value is -2.02. The third kappa shape index (κ3) is 4.51. The maximum atomic E-state index is 12.6. The van der Waals surface area contributed by atoms with Crippen molar-refractivity contribution in [2.75, 3.05) is 25.7 Å². The third-order valence-corrected chi connectivity index (χ3v) is 7.10. The van der Waals surface area contributed by atoms with Crippen molar-refractivity contribution in [3.63, 3.8) is 0 Å². The van der Waals surface area contributed by atoms with E-state index in [2.05, 4.69) is 41.1 Å². The van der Waals surface area contributed by atoms with Crippen LogP contribution >= 0.6 is 10.5 Å². The molecule has 28 heavy (non-hydrogen) atoms. The first kappa shape index (κ1) is 20.7. The van der Waals surface area contributed by atoms with Crippen LogP contribution in [0.3, 0.4) is 0 Å². The second-order valence-corrected chi connectivity index (χ2v) is 10.1. The van der Waals surface area contributed by atoms with Crippen molar-refractivity contribution < 1.29 is 8.98 Å². The Balaban J connectivity index is 1.62. The highest BCUT2D eigenvalue weighted by molar-refractivity contribution is 8.27. The fourth-order valence-electron chi connectivity index (χ4n) is 3.61. The summed E-state index contributed by atoms with van der Waals surface area (Å²) in [5.41, 5.74) is 3.10. The molecule has 0 fully saturated rings. The van der Waals surface area contributed by atoms with Crippen LogP contribution in [0, 0.1) is 0 Å². The molecule has 0 radical (unpaired) electrons. The number of aryl methyl sites for hydroxylation is 1. The van der Waals surface area contributed by atoms with E-state index in [-0.39, 0.29) is 5.91 Å². The summed E-state index contributed by atoms with van der Waals surface area (Å²) in [6, 6.07) is 14.4. The molecule has 1 aromatic heterocycles. The van der Waals surface area contributed by atoms with Gasteiger partial charge in [-0.1, -0.05) is 35.1 Å². The highest BCUT2D eigenvalue weighted by Gasteiger charge is 2.13. The number of hydrogen-bond donors (Lipinski definition) is 2. The number of nitrogens with two attached hydrogens (primary N) is 1. The standard InChI is InChI=1S/C22H31N3O2S/c1-4-25-20-11-7-6-10-18(20)19-16-17(12-13-21(19)25)22(26)24-14-8-5-9-15-28(3,23)27-2/h6-7,10-13,16H,4-5,8-9,14-15,23H2,1-3H3,(H,24,26). The van der Waals surface area contributed by atoms with Crippen LogP contribution in [-0.4, -0.2) is 36.1 Å². The molecule has 0 saturated heterocycles. The lowest BCUT2D eigenvalue weighted by molar-refractivity contribution is 0.0953. The minimum Gasteiger partial charge on any atom is -0.352 e. The van der Waals surface area contributed by atoms with Gasteiger partial charge in [-0.05, 0) is 50.3 Å². The van der Waals surface area contributed by atoms with Crippen LogP contribution in [0.2, 0.25) is 0 Å². The van der Waals surface area contributed by atoms with E-state index in [1.54, 1.807) is 7.11 Å². The van der Waals surface area contributed by atoms with Crippen LogP contribution in [0.25, 0.3) is 21.8 Å². The summed E-state index contributed by atoms with van der Waals surface area (Å²) in [7, 11) is 0.277. The molecule has 5 nitrogen and oxygen atoms in total. The third-order valence-electron chi connectivity index (χ3n) is 5.24. The number of carbonyl (C=O) groups is 1. The number of hydrogen-bond acceptors (Lipinski definition) is 3. The molecule has 1 amide bonds. The van der Waals surface area contributed by atoms with Crippen molar-refractivity contribution in [3.8, 4) is 0 Å². The van der Waals surface area contributed by atoms with Gasteiger partial charge in [-0.3, -0.25) is 9.93 Å². The van der Waals surface area contributed by atoms with E-state index in [9.17, 15) is 4.79 Å². The number of nitrogens with one attached hydrogen (secondary N) is 1. The number of fused-ring (bicyclic) bond motifs is 3. The topological polar surface area (TPSA) is 69.3 Å². The lowest BCUT2D eigenvalue weighted by Gasteiger charge is -2.28. The smallest absolute Gasteiger partial charge is 0.251 e. The zero-order valence-electron chi connectivity index (χ0n) is 17.0. The summed E-state index contributed by atoms with van der Waals surface area (Å²) in [4.78, 5) is 12.6. The number of benzene rings is 2. The fourth-order valence-corrected chi connectivity index (χ4v) is 4.56. The summed E-state index contributed by atoms with van der Waals surface area (Å²) in [6.07, 6.45) is 4.98. The van der Waals surface area contributed by atoms with Gasteiger partial charge >= 0.3 is 0 Å². The number of unbranched alkanes of at least 4 members (excludes halogenated alkanes) is 2. The Bertz CT molecular complexity index is 965. The van der Waals surface area contributed by atoms with Crippen LogP contribution < -0.4 is 10.5 Å². The number of carbonyl (C=O) groups excluding carboxylic acids is 1. The van der Waals surface area contributed by atoms with Gasteiger partial charge in [0.1, 0.15) is 0 Å². The Morgan fingerprint density at radius 1 is 1.11 bits per heavy atom. The molecule has 3 rings (SSSR count). The van der Waals surface area contributed by atoms with Gasteiger partial charge in [-0.15, -0.1) is 0 Å². The van der Waals surface area contributed by atoms with Gasteiger partial charge in [-0.25, -0.2) is 0 Å². The molecule has 1 heterocycles.